The van der Waals surface area contributed by atoms with Gasteiger partial charge in [-0.25, -0.2) is 0 Å². The molecule has 0 saturated carbocycles. The topological polar surface area (TPSA) is 58.4 Å². The molecule has 0 spiro atoms. The number of nitrogens with zero attached hydrogens (tertiary/aromatic N) is 1. The zero-order valence-electron chi connectivity index (χ0n) is 10.5. The summed E-state index contributed by atoms with van der Waals surface area (Å²) in [6, 6.07) is 5.94. The van der Waals surface area contributed by atoms with Gasteiger partial charge in [0.05, 0.1) is 11.4 Å². The predicted molar refractivity (Wildman–Crippen MR) is 70.0 cm³/mol. The lowest BCUT2D eigenvalue weighted by molar-refractivity contribution is -0.119. The van der Waals surface area contributed by atoms with Crippen molar-refractivity contribution in [1.29, 1.82) is 0 Å². The predicted octanol–water partition coefficient (Wildman–Crippen LogP) is 1.70. The highest BCUT2D eigenvalue weighted by Crippen LogP contribution is 2.33. The van der Waals surface area contributed by atoms with E-state index < -0.39 is 0 Å². The van der Waals surface area contributed by atoms with E-state index in [1.807, 2.05) is 43.9 Å². The first-order chi connectivity index (χ1) is 8.04. The van der Waals surface area contributed by atoms with Crippen LogP contribution in [0.4, 0.5) is 11.4 Å². The third-order valence-corrected chi connectivity index (χ3v) is 3.05. The summed E-state index contributed by atoms with van der Waals surface area (Å²) in [5.41, 5.74) is 8.64. The van der Waals surface area contributed by atoms with Crippen molar-refractivity contribution in [3.05, 3.63) is 23.8 Å². The molecular weight excluding hydrogens is 214 g/mol. The van der Waals surface area contributed by atoms with Crippen LogP contribution in [0.5, 0.6) is 0 Å². The highest BCUT2D eigenvalue weighted by molar-refractivity contribution is 6.05. The van der Waals surface area contributed by atoms with Crippen LogP contribution in [0, 0.1) is 0 Å². The first-order valence-electron chi connectivity index (χ1n) is 5.97. The van der Waals surface area contributed by atoms with Crippen molar-refractivity contribution in [3.63, 3.8) is 0 Å². The third kappa shape index (κ3) is 2.00. The smallest absolute Gasteiger partial charge is 0.249 e. The molecule has 4 nitrogen and oxygen atoms in total. The maximum atomic E-state index is 12.1. The standard InChI is InChI=1S/C13H19N3O/c1-8(2)16-12-5-4-10(7-14)6-11(12)15-9(3)13(16)17/h4-6,8-9,15H,7,14H2,1-3H3. The van der Waals surface area contributed by atoms with Gasteiger partial charge in [-0.15, -0.1) is 0 Å². The van der Waals surface area contributed by atoms with Crippen LogP contribution >= 0.6 is 0 Å². The monoisotopic (exact) mass is 233 g/mol. The first-order valence-corrected chi connectivity index (χ1v) is 5.97. The summed E-state index contributed by atoms with van der Waals surface area (Å²) in [7, 11) is 0. The van der Waals surface area contributed by atoms with Crippen molar-refractivity contribution in [1.82, 2.24) is 0 Å². The van der Waals surface area contributed by atoms with Gasteiger partial charge in [-0.3, -0.25) is 4.79 Å². The van der Waals surface area contributed by atoms with Crippen LogP contribution in [0.25, 0.3) is 0 Å². The zero-order valence-corrected chi connectivity index (χ0v) is 10.5. The van der Waals surface area contributed by atoms with Crippen molar-refractivity contribution in [2.24, 2.45) is 5.73 Å². The van der Waals surface area contributed by atoms with Crippen molar-refractivity contribution in [3.8, 4) is 0 Å². The lowest BCUT2D eigenvalue weighted by atomic mass is 10.1. The molecule has 0 aliphatic carbocycles. The van der Waals surface area contributed by atoms with Gasteiger partial charge in [-0.1, -0.05) is 6.07 Å². The fourth-order valence-corrected chi connectivity index (χ4v) is 2.19. The molecule has 1 aliphatic heterocycles. The Morgan fingerprint density at radius 1 is 1.47 bits per heavy atom. The summed E-state index contributed by atoms with van der Waals surface area (Å²) >= 11 is 0. The second kappa shape index (κ2) is 4.37. The van der Waals surface area contributed by atoms with Gasteiger partial charge in [-0.2, -0.15) is 0 Å². The summed E-state index contributed by atoms with van der Waals surface area (Å²) in [6.07, 6.45) is 0. The van der Waals surface area contributed by atoms with Gasteiger partial charge < -0.3 is 16.0 Å². The van der Waals surface area contributed by atoms with Crippen LogP contribution in [0.2, 0.25) is 0 Å². The largest absolute Gasteiger partial charge is 0.372 e. The Balaban J connectivity index is 2.49. The molecule has 0 bridgehead atoms. The fourth-order valence-electron chi connectivity index (χ4n) is 2.19. The van der Waals surface area contributed by atoms with Gasteiger partial charge in [-0.05, 0) is 38.5 Å². The molecule has 1 amide bonds. The number of fused-ring (bicyclic) bond motifs is 1. The van der Waals surface area contributed by atoms with Crippen molar-refractivity contribution >= 4 is 17.3 Å². The zero-order chi connectivity index (χ0) is 12.6. The van der Waals surface area contributed by atoms with Crippen LogP contribution in [-0.2, 0) is 11.3 Å². The molecule has 1 heterocycles. The maximum Gasteiger partial charge on any atom is 0.249 e. The highest BCUT2D eigenvalue weighted by atomic mass is 16.2. The molecule has 1 aromatic carbocycles. The van der Waals surface area contributed by atoms with E-state index in [-0.39, 0.29) is 18.0 Å². The SMILES string of the molecule is CC1Nc2cc(CN)ccc2N(C(C)C)C1=O. The van der Waals surface area contributed by atoms with Gasteiger partial charge in [0.1, 0.15) is 6.04 Å². The molecule has 4 heteroatoms. The van der Waals surface area contributed by atoms with Crippen LogP contribution in [-0.4, -0.2) is 18.0 Å². The fraction of sp³-hybridized carbons (Fsp3) is 0.462. The molecule has 0 aromatic heterocycles. The Kier molecular flexibility index (Phi) is 3.07. The number of carbonyl (C=O) groups excluding carboxylic acids is 1. The number of nitrogens with two attached hydrogens (primary N) is 1. The lowest BCUT2D eigenvalue weighted by Gasteiger charge is -2.36. The molecule has 0 radical (unpaired) electrons. The second-order valence-electron chi connectivity index (χ2n) is 4.72. The van der Waals surface area contributed by atoms with Crippen LogP contribution in [0.15, 0.2) is 18.2 Å². The van der Waals surface area contributed by atoms with E-state index >= 15 is 0 Å². The average Bonchev–Trinajstić information content (AvgIpc) is 2.29. The van der Waals surface area contributed by atoms with E-state index in [1.54, 1.807) is 0 Å². The summed E-state index contributed by atoms with van der Waals surface area (Å²) in [6.45, 7) is 6.45. The van der Waals surface area contributed by atoms with Crippen LogP contribution < -0.4 is 16.0 Å². The summed E-state index contributed by atoms with van der Waals surface area (Å²) in [4.78, 5) is 14.0. The quantitative estimate of drug-likeness (QED) is 0.817. The summed E-state index contributed by atoms with van der Waals surface area (Å²) in [5.74, 6) is 0.119. The van der Waals surface area contributed by atoms with Gasteiger partial charge >= 0.3 is 0 Å². The van der Waals surface area contributed by atoms with E-state index in [2.05, 4.69) is 5.32 Å². The van der Waals surface area contributed by atoms with Crippen LogP contribution in [0.1, 0.15) is 26.3 Å². The van der Waals surface area contributed by atoms with Crippen molar-refractivity contribution < 1.29 is 4.79 Å². The Labute approximate surface area is 102 Å². The molecule has 1 atom stereocenters. The molecular formula is C13H19N3O. The molecule has 92 valence electrons. The summed E-state index contributed by atoms with van der Waals surface area (Å²) in [5, 5.41) is 3.22. The minimum Gasteiger partial charge on any atom is -0.372 e. The number of carbonyl (C=O) groups is 1. The number of amides is 1. The van der Waals surface area contributed by atoms with E-state index in [0.29, 0.717) is 6.54 Å². The maximum absolute atomic E-state index is 12.1. The number of rotatable bonds is 2. The Bertz CT molecular complexity index is 442. The number of hydrogen-bond donors (Lipinski definition) is 2. The number of hydrogen-bond acceptors (Lipinski definition) is 3. The van der Waals surface area contributed by atoms with Gasteiger partial charge in [0.15, 0.2) is 0 Å². The number of nitrogens with one attached hydrogen (secondary N) is 1. The van der Waals surface area contributed by atoms with E-state index in [1.165, 1.54) is 0 Å². The minimum atomic E-state index is -0.182. The highest BCUT2D eigenvalue weighted by Gasteiger charge is 2.31. The third-order valence-electron chi connectivity index (χ3n) is 3.05. The first kappa shape index (κ1) is 11.9. The Hall–Kier alpha value is -1.55. The lowest BCUT2D eigenvalue weighted by Crippen LogP contribution is -2.48. The molecule has 17 heavy (non-hydrogen) atoms. The van der Waals surface area contributed by atoms with Gasteiger partial charge in [0, 0.05) is 12.6 Å². The second-order valence-corrected chi connectivity index (χ2v) is 4.72. The van der Waals surface area contributed by atoms with E-state index in [4.69, 9.17) is 5.73 Å². The number of benzene rings is 1. The van der Waals surface area contributed by atoms with E-state index in [9.17, 15) is 4.79 Å². The van der Waals surface area contributed by atoms with Crippen molar-refractivity contribution in [2.75, 3.05) is 10.2 Å². The van der Waals surface area contributed by atoms with Crippen LogP contribution in [0.3, 0.4) is 0 Å². The average molecular weight is 233 g/mol. The van der Waals surface area contributed by atoms with Gasteiger partial charge in [0.2, 0.25) is 5.91 Å². The normalized spacial score (nSPS) is 19.2. The number of anilines is 2. The molecule has 0 fully saturated rings. The molecule has 0 saturated heterocycles. The minimum absolute atomic E-state index is 0.119. The molecule has 2 rings (SSSR count). The summed E-state index contributed by atoms with van der Waals surface area (Å²) < 4.78 is 0. The molecule has 1 aromatic rings. The Morgan fingerprint density at radius 3 is 2.76 bits per heavy atom. The molecule has 3 N–H and O–H groups in total. The Morgan fingerprint density at radius 2 is 2.18 bits per heavy atom. The molecule has 1 unspecified atom stereocenters. The van der Waals surface area contributed by atoms with Crippen molar-refractivity contribution in [2.45, 2.75) is 39.4 Å². The van der Waals surface area contributed by atoms with E-state index in [0.717, 1.165) is 16.9 Å². The molecule has 1 aliphatic rings. The van der Waals surface area contributed by atoms with Gasteiger partial charge in [0.25, 0.3) is 0 Å².